The lowest BCUT2D eigenvalue weighted by Gasteiger charge is -2.15. The molecule has 1 heterocycles. The predicted molar refractivity (Wildman–Crippen MR) is 125 cm³/mol. The highest BCUT2D eigenvalue weighted by molar-refractivity contribution is 8.04. The highest BCUT2D eigenvalue weighted by Gasteiger charge is 2.40. The third-order valence-electron chi connectivity index (χ3n) is 4.59. The first kappa shape index (κ1) is 22.2. The smallest absolute Gasteiger partial charge is 0.283 e. The number of benzene rings is 3. The first-order chi connectivity index (χ1) is 15.4. The van der Waals surface area contributed by atoms with Crippen molar-refractivity contribution in [2.75, 3.05) is 17.3 Å². The highest BCUT2D eigenvalue weighted by Crippen LogP contribution is 2.38. The number of nitrogens with zero attached hydrogens (tertiary/aromatic N) is 1. The minimum absolute atomic E-state index is 0.0634. The molecule has 0 radical (unpaired) electrons. The minimum Gasteiger partial charge on any atom is -0.497 e. The summed E-state index contributed by atoms with van der Waals surface area (Å²) in [6, 6.07) is 17.4. The average molecular weight is 489 g/mol. The zero-order valence-corrected chi connectivity index (χ0v) is 18.9. The molecule has 5 nitrogen and oxygen atoms in total. The number of methoxy groups -OCH3 is 1. The molecule has 2 amide bonds. The summed E-state index contributed by atoms with van der Waals surface area (Å²) in [6.07, 6.45) is 0. The number of halogens is 3. The highest BCUT2D eigenvalue weighted by atomic mass is 35.5. The molecule has 3 aromatic carbocycles. The number of carbonyl (C=O) groups is 2. The van der Waals surface area contributed by atoms with E-state index in [0.717, 1.165) is 21.6 Å². The monoisotopic (exact) mass is 488 g/mol. The van der Waals surface area contributed by atoms with Gasteiger partial charge in [-0.3, -0.25) is 9.59 Å². The zero-order valence-electron chi connectivity index (χ0n) is 16.6. The molecular weight excluding hydrogens is 474 g/mol. The molecular formula is C23H15Cl2FN2O3S. The topological polar surface area (TPSA) is 58.6 Å². The van der Waals surface area contributed by atoms with Gasteiger partial charge in [-0.1, -0.05) is 35.0 Å². The van der Waals surface area contributed by atoms with E-state index in [1.807, 2.05) is 0 Å². The van der Waals surface area contributed by atoms with Gasteiger partial charge in [-0.15, -0.1) is 0 Å². The van der Waals surface area contributed by atoms with Gasteiger partial charge in [0.15, 0.2) is 0 Å². The molecule has 0 bridgehead atoms. The lowest BCUT2D eigenvalue weighted by molar-refractivity contribution is -0.120. The van der Waals surface area contributed by atoms with Gasteiger partial charge in [0.05, 0.1) is 17.8 Å². The summed E-state index contributed by atoms with van der Waals surface area (Å²) in [4.78, 5) is 28.6. The van der Waals surface area contributed by atoms with E-state index >= 15 is 0 Å². The van der Waals surface area contributed by atoms with Crippen molar-refractivity contribution < 1.29 is 18.7 Å². The van der Waals surface area contributed by atoms with Crippen LogP contribution in [0.15, 0.2) is 82.2 Å². The van der Waals surface area contributed by atoms with Gasteiger partial charge in [0.25, 0.3) is 11.8 Å². The Morgan fingerprint density at radius 2 is 1.62 bits per heavy atom. The molecule has 9 heteroatoms. The second-order valence-electron chi connectivity index (χ2n) is 6.66. The van der Waals surface area contributed by atoms with Gasteiger partial charge >= 0.3 is 0 Å². The largest absolute Gasteiger partial charge is 0.497 e. The maximum atomic E-state index is 13.6. The number of anilines is 2. The summed E-state index contributed by atoms with van der Waals surface area (Å²) < 4.78 is 18.7. The third-order valence-corrected chi connectivity index (χ3v) is 6.23. The lowest BCUT2D eigenvalue weighted by Crippen LogP contribution is -2.32. The summed E-state index contributed by atoms with van der Waals surface area (Å²) in [7, 11) is 1.53. The van der Waals surface area contributed by atoms with Crippen molar-refractivity contribution in [2.45, 2.75) is 4.90 Å². The molecule has 1 aliphatic heterocycles. The van der Waals surface area contributed by atoms with E-state index < -0.39 is 17.6 Å². The van der Waals surface area contributed by atoms with E-state index in [0.29, 0.717) is 22.1 Å². The van der Waals surface area contributed by atoms with Crippen LogP contribution in [0, 0.1) is 5.82 Å². The Hall–Kier alpha value is -3.00. The summed E-state index contributed by atoms with van der Waals surface area (Å²) in [5.41, 5.74) is 0.829. The van der Waals surface area contributed by atoms with Crippen molar-refractivity contribution in [3.05, 3.63) is 93.2 Å². The van der Waals surface area contributed by atoms with E-state index in [2.05, 4.69) is 5.32 Å². The van der Waals surface area contributed by atoms with Crippen LogP contribution in [0.2, 0.25) is 10.0 Å². The number of rotatable bonds is 6. The Labute approximate surface area is 197 Å². The Morgan fingerprint density at radius 1 is 0.938 bits per heavy atom. The molecule has 0 fully saturated rings. The number of hydrogen-bond donors (Lipinski definition) is 1. The van der Waals surface area contributed by atoms with E-state index in [1.165, 1.54) is 25.3 Å². The van der Waals surface area contributed by atoms with Gasteiger partial charge < -0.3 is 10.1 Å². The van der Waals surface area contributed by atoms with Crippen LogP contribution in [0.5, 0.6) is 5.75 Å². The molecule has 0 aliphatic carbocycles. The van der Waals surface area contributed by atoms with Crippen molar-refractivity contribution in [3.63, 3.8) is 0 Å². The van der Waals surface area contributed by atoms with E-state index in [9.17, 15) is 14.0 Å². The molecule has 1 aliphatic rings. The van der Waals surface area contributed by atoms with Gasteiger partial charge in [0, 0.05) is 15.6 Å². The fourth-order valence-electron chi connectivity index (χ4n) is 3.02. The summed E-state index contributed by atoms with van der Waals surface area (Å²) >= 11 is 13.0. The Morgan fingerprint density at radius 3 is 2.25 bits per heavy atom. The van der Waals surface area contributed by atoms with Crippen LogP contribution >= 0.6 is 35.0 Å². The Balaban J connectivity index is 1.73. The van der Waals surface area contributed by atoms with Crippen LogP contribution in [0.25, 0.3) is 0 Å². The van der Waals surface area contributed by atoms with Crippen molar-refractivity contribution >= 4 is 58.2 Å². The molecule has 1 N–H and O–H groups in total. The number of amides is 2. The Kier molecular flexibility index (Phi) is 6.41. The second kappa shape index (κ2) is 9.24. The normalized spacial score (nSPS) is 13.7. The van der Waals surface area contributed by atoms with E-state index in [-0.39, 0.29) is 15.6 Å². The molecule has 0 atom stereocenters. The van der Waals surface area contributed by atoms with Crippen LogP contribution in [-0.2, 0) is 9.59 Å². The fourth-order valence-corrected chi connectivity index (χ4v) is 4.25. The predicted octanol–water partition coefficient (Wildman–Crippen LogP) is 6.13. The van der Waals surface area contributed by atoms with Crippen LogP contribution in [-0.4, -0.2) is 18.9 Å². The maximum absolute atomic E-state index is 13.6. The number of ether oxygens (including phenoxy) is 1. The van der Waals surface area contributed by atoms with E-state index in [4.69, 9.17) is 27.9 Å². The standard InChI is InChI=1S/C23H15Cl2FN2O3S/c1-31-16-7-5-15(6-8-16)28-22(29)20(27-14-4-11-19(26)18(25)12-14)21(23(28)30)32-17-9-2-13(24)3-10-17/h2-12,27H,1H3. The number of carbonyl (C=O) groups excluding carboxylic acids is 2. The van der Waals surface area contributed by atoms with Gasteiger partial charge in [0.1, 0.15) is 22.2 Å². The molecule has 0 spiro atoms. The number of nitrogens with one attached hydrogen (secondary N) is 1. The number of imide groups is 1. The van der Waals surface area contributed by atoms with Gasteiger partial charge in [-0.05, 0) is 66.7 Å². The van der Waals surface area contributed by atoms with Gasteiger partial charge in [0.2, 0.25) is 0 Å². The van der Waals surface area contributed by atoms with Gasteiger partial charge in [-0.2, -0.15) is 0 Å². The van der Waals surface area contributed by atoms with Crippen LogP contribution in [0.1, 0.15) is 0 Å². The molecule has 32 heavy (non-hydrogen) atoms. The van der Waals surface area contributed by atoms with Crippen molar-refractivity contribution in [3.8, 4) is 5.75 Å². The van der Waals surface area contributed by atoms with Crippen molar-refractivity contribution in [2.24, 2.45) is 0 Å². The number of thioether (sulfide) groups is 1. The second-order valence-corrected chi connectivity index (χ2v) is 8.59. The van der Waals surface area contributed by atoms with E-state index in [1.54, 1.807) is 48.5 Å². The summed E-state index contributed by atoms with van der Waals surface area (Å²) in [6.45, 7) is 0. The molecule has 0 aromatic heterocycles. The number of hydrogen-bond acceptors (Lipinski definition) is 5. The first-order valence-electron chi connectivity index (χ1n) is 9.30. The summed E-state index contributed by atoms with van der Waals surface area (Å²) in [5.74, 6) is -1.03. The third kappa shape index (κ3) is 4.46. The molecule has 3 aromatic rings. The minimum atomic E-state index is -0.587. The van der Waals surface area contributed by atoms with Crippen molar-refractivity contribution in [1.82, 2.24) is 0 Å². The molecule has 162 valence electrons. The van der Waals surface area contributed by atoms with Crippen LogP contribution in [0.4, 0.5) is 15.8 Å². The van der Waals surface area contributed by atoms with Crippen LogP contribution in [0.3, 0.4) is 0 Å². The van der Waals surface area contributed by atoms with Gasteiger partial charge in [-0.25, -0.2) is 9.29 Å². The Bertz CT molecular complexity index is 1230. The maximum Gasteiger partial charge on any atom is 0.283 e. The SMILES string of the molecule is COc1ccc(N2C(=O)C(Nc3ccc(F)c(Cl)c3)=C(Sc3ccc(Cl)cc3)C2=O)cc1. The summed E-state index contributed by atoms with van der Waals surface area (Å²) in [5, 5.41) is 3.38. The zero-order chi connectivity index (χ0) is 22.8. The molecule has 0 unspecified atom stereocenters. The quantitative estimate of drug-likeness (QED) is 0.422. The first-order valence-corrected chi connectivity index (χ1v) is 10.9. The van der Waals surface area contributed by atoms with Crippen LogP contribution < -0.4 is 15.0 Å². The molecule has 4 rings (SSSR count). The fraction of sp³-hybridized carbons (Fsp3) is 0.0435. The molecule has 0 saturated heterocycles. The lowest BCUT2D eigenvalue weighted by atomic mass is 10.2. The van der Waals surface area contributed by atoms with Crippen molar-refractivity contribution in [1.29, 1.82) is 0 Å². The molecule has 0 saturated carbocycles. The average Bonchev–Trinajstić information content (AvgIpc) is 3.01.